The van der Waals surface area contributed by atoms with Crippen LogP contribution in [0.3, 0.4) is 0 Å². The number of hydrogen-bond acceptors (Lipinski definition) is 6. The Labute approximate surface area is 187 Å². The second kappa shape index (κ2) is 7.53. The molecule has 4 rings (SSSR count). The fourth-order valence-corrected chi connectivity index (χ4v) is 5.13. The minimum absolute atomic E-state index is 0.0160. The van der Waals surface area contributed by atoms with Crippen LogP contribution in [0, 0.1) is 0 Å². The van der Waals surface area contributed by atoms with Crippen LogP contribution in [-0.2, 0) is 0 Å². The van der Waals surface area contributed by atoms with E-state index < -0.39 is 0 Å². The predicted molar refractivity (Wildman–Crippen MR) is 126 cm³/mol. The maximum atomic E-state index is 10.5. The van der Waals surface area contributed by atoms with Gasteiger partial charge in [-0.1, -0.05) is 17.7 Å². The van der Waals surface area contributed by atoms with Gasteiger partial charge >= 0.3 is 0 Å². The summed E-state index contributed by atoms with van der Waals surface area (Å²) in [6.45, 7) is 8.94. The smallest absolute Gasteiger partial charge is 0.151 e. The first kappa shape index (κ1) is 21.7. The number of nitrogens with zero attached hydrogens (tertiary/aromatic N) is 3. The van der Waals surface area contributed by atoms with Crippen molar-refractivity contribution < 1.29 is 10.2 Å². The molecular weight excluding hydrogens is 412 g/mol. The number of anilines is 1. The first-order valence-corrected chi connectivity index (χ1v) is 10.8. The molecule has 3 aromatic rings. The molecule has 0 atom stereocenters. The van der Waals surface area contributed by atoms with Crippen molar-refractivity contribution in [3.63, 3.8) is 0 Å². The van der Waals surface area contributed by atoms with E-state index in [0.717, 1.165) is 24.0 Å². The van der Waals surface area contributed by atoms with Gasteiger partial charge in [-0.15, -0.1) is 10.2 Å². The second-order valence-electron chi connectivity index (χ2n) is 9.83. The molecule has 0 spiro atoms. The predicted octanol–water partition coefficient (Wildman–Crippen LogP) is 5.11. The summed E-state index contributed by atoms with van der Waals surface area (Å²) in [5, 5.41) is 34.5. The Morgan fingerprint density at radius 1 is 0.968 bits per heavy atom. The highest BCUT2D eigenvalue weighted by Crippen LogP contribution is 2.39. The van der Waals surface area contributed by atoms with E-state index in [9.17, 15) is 10.2 Å². The standard InChI is InChI=1S/C24H29ClN4O2/c1-23(2)12-15(13-24(3,4)28-23)29(5)21-9-7-18(26-27-21)17-10-14-6-8-19(30)22(25)16(14)11-20(17)31/h6-11,15,28,30-31H,12-13H2,1-5H3. The first-order chi connectivity index (χ1) is 14.5. The van der Waals surface area contributed by atoms with E-state index in [-0.39, 0.29) is 27.6 Å². The van der Waals surface area contributed by atoms with E-state index in [1.165, 1.54) is 6.07 Å². The Hall–Kier alpha value is -2.57. The lowest BCUT2D eigenvalue weighted by molar-refractivity contribution is 0.160. The van der Waals surface area contributed by atoms with Gasteiger partial charge in [0.15, 0.2) is 5.82 Å². The Bertz CT molecular complexity index is 1110. The zero-order chi connectivity index (χ0) is 22.6. The summed E-state index contributed by atoms with van der Waals surface area (Å²) < 4.78 is 0. The van der Waals surface area contributed by atoms with Crippen LogP contribution < -0.4 is 10.2 Å². The fourth-order valence-electron chi connectivity index (χ4n) is 4.90. The van der Waals surface area contributed by atoms with Crippen molar-refractivity contribution in [2.45, 2.75) is 57.7 Å². The third-order valence-electron chi connectivity index (χ3n) is 6.05. The van der Waals surface area contributed by atoms with Crippen molar-refractivity contribution in [3.05, 3.63) is 41.4 Å². The minimum atomic E-state index is -0.0160. The molecule has 0 unspecified atom stereocenters. The maximum Gasteiger partial charge on any atom is 0.151 e. The van der Waals surface area contributed by atoms with Crippen molar-refractivity contribution in [3.8, 4) is 22.8 Å². The molecule has 2 heterocycles. The molecule has 6 nitrogen and oxygen atoms in total. The molecule has 0 bridgehead atoms. The highest BCUT2D eigenvalue weighted by molar-refractivity contribution is 6.37. The second-order valence-corrected chi connectivity index (χ2v) is 10.2. The first-order valence-electron chi connectivity index (χ1n) is 10.5. The third kappa shape index (κ3) is 4.27. The van der Waals surface area contributed by atoms with Crippen LogP contribution >= 0.6 is 11.6 Å². The van der Waals surface area contributed by atoms with Gasteiger partial charge in [-0.05, 0) is 76.3 Å². The average molecular weight is 441 g/mol. The van der Waals surface area contributed by atoms with Crippen LogP contribution in [0.4, 0.5) is 5.82 Å². The number of nitrogens with one attached hydrogen (secondary N) is 1. The number of rotatable bonds is 3. The molecule has 1 aliphatic heterocycles. The van der Waals surface area contributed by atoms with Gasteiger partial charge in [-0.3, -0.25) is 0 Å². The lowest BCUT2D eigenvalue weighted by Crippen LogP contribution is -2.62. The zero-order valence-corrected chi connectivity index (χ0v) is 19.3. The number of hydrogen-bond donors (Lipinski definition) is 3. The van der Waals surface area contributed by atoms with Crippen LogP contribution in [0.2, 0.25) is 5.02 Å². The quantitative estimate of drug-likeness (QED) is 0.525. The van der Waals surface area contributed by atoms with Gasteiger partial charge < -0.3 is 20.4 Å². The van der Waals surface area contributed by atoms with E-state index >= 15 is 0 Å². The number of halogens is 1. The van der Waals surface area contributed by atoms with E-state index in [0.29, 0.717) is 22.7 Å². The molecule has 7 heteroatoms. The number of aromatic hydroxyl groups is 2. The molecule has 0 radical (unpaired) electrons. The van der Waals surface area contributed by atoms with E-state index in [4.69, 9.17) is 11.6 Å². The molecule has 2 aromatic carbocycles. The number of phenols is 2. The van der Waals surface area contributed by atoms with Crippen LogP contribution in [-0.4, -0.2) is 44.6 Å². The summed E-state index contributed by atoms with van der Waals surface area (Å²) in [5.74, 6) is 0.825. The highest BCUT2D eigenvalue weighted by atomic mass is 35.5. The SMILES string of the molecule is CN(c1ccc(-c2cc3ccc(O)c(Cl)c3cc2O)nn1)C1CC(C)(C)NC(C)(C)C1. The molecule has 1 fully saturated rings. The molecular formula is C24H29ClN4O2. The minimum Gasteiger partial charge on any atom is -0.507 e. The van der Waals surface area contributed by atoms with Gasteiger partial charge in [0.25, 0.3) is 0 Å². The summed E-state index contributed by atoms with van der Waals surface area (Å²) in [5.41, 5.74) is 1.23. The highest BCUT2D eigenvalue weighted by Gasteiger charge is 2.39. The third-order valence-corrected chi connectivity index (χ3v) is 6.45. The summed E-state index contributed by atoms with van der Waals surface area (Å²) in [6.07, 6.45) is 2.02. The van der Waals surface area contributed by atoms with Gasteiger partial charge in [0.2, 0.25) is 0 Å². The number of piperidine rings is 1. The summed E-state index contributed by atoms with van der Waals surface area (Å²) in [4.78, 5) is 2.20. The molecule has 0 saturated carbocycles. The summed E-state index contributed by atoms with van der Waals surface area (Å²) in [6, 6.07) is 10.8. The van der Waals surface area contributed by atoms with E-state index in [1.54, 1.807) is 18.2 Å². The Balaban J connectivity index is 1.63. The van der Waals surface area contributed by atoms with Gasteiger partial charge in [0, 0.05) is 35.1 Å². The average Bonchev–Trinajstić information content (AvgIpc) is 2.68. The molecule has 1 saturated heterocycles. The van der Waals surface area contributed by atoms with Gasteiger partial charge in [-0.2, -0.15) is 0 Å². The molecule has 164 valence electrons. The monoisotopic (exact) mass is 440 g/mol. The largest absolute Gasteiger partial charge is 0.507 e. The van der Waals surface area contributed by atoms with Gasteiger partial charge in [0.1, 0.15) is 11.5 Å². The fraction of sp³-hybridized carbons (Fsp3) is 0.417. The number of benzene rings is 2. The van der Waals surface area contributed by atoms with Crippen molar-refractivity contribution in [1.29, 1.82) is 0 Å². The molecule has 31 heavy (non-hydrogen) atoms. The Morgan fingerprint density at radius 2 is 1.65 bits per heavy atom. The van der Waals surface area contributed by atoms with Crippen molar-refractivity contribution >= 4 is 28.2 Å². The topological polar surface area (TPSA) is 81.5 Å². The zero-order valence-electron chi connectivity index (χ0n) is 18.6. The molecule has 1 aromatic heterocycles. The normalized spacial score (nSPS) is 18.3. The molecule has 0 amide bonds. The number of phenolic OH excluding ortho intramolecular Hbond substituents is 2. The van der Waals surface area contributed by atoms with E-state index in [1.807, 2.05) is 12.1 Å². The number of aromatic nitrogens is 2. The van der Waals surface area contributed by atoms with Crippen LogP contribution in [0.5, 0.6) is 11.5 Å². The van der Waals surface area contributed by atoms with Gasteiger partial charge in [0.05, 0.1) is 10.7 Å². The molecule has 1 aliphatic rings. The Kier molecular flexibility index (Phi) is 5.26. The lowest BCUT2D eigenvalue weighted by atomic mass is 9.79. The maximum absolute atomic E-state index is 10.5. The van der Waals surface area contributed by atoms with Gasteiger partial charge in [-0.25, -0.2) is 0 Å². The summed E-state index contributed by atoms with van der Waals surface area (Å²) >= 11 is 6.17. The van der Waals surface area contributed by atoms with Crippen molar-refractivity contribution in [2.24, 2.45) is 0 Å². The van der Waals surface area contributed by atoms with Crippen LogP contribution in [0.1, 0.15) is 40.5 Å². The molecule has 0 aliphatic carbocycles. The lowest BCUT2D eigenvalue weighted by Gasteiger charge is -2.49. The van der Waals surface area contributed by atoms with E-state index in [2.05, 4.69) is 55.2 Å². The number of fused-ring (bicyclic) bond motifs is 1. The van der Waals surface area contributed by atoms with Crippen molar-refractivity contribution in [2.75, 3.05) is 11.9 Å². The summed E-state index contributed by atoms with van der Waals surface area (Å²) in [7, 11) is 2.06. The Morgan fingerprint density at radius 3 is 2.26 bits per heavy atom. The van der Waals surface area contributed by atoms with Crippen LogP contribution in [0.15, 0.2) is 36.4 Å². The van der Waals surface area contributed by atoms with Crippen LogP contribution in [0.25, 0.3) is 22.0 Å². The molecule has 3 N–H and O–H groups in total. The van der Waals surface area contributed by atoms with Crippen molar-refractivity contribution in [1.82, 2.24) is 15.5 Å².